The highest BCUT2D eigenvalue weighted by atomic mass is 31.2. The van der Waals surface area contributed by atoms with E-state index in [2.05, 4.69) is 92.1 Å². The lowest BCUT2D eigenvalue weighted by Gasteiger charge is -2.29. The largest absolute Gasteiger partial charge is 0.756 e. The number of amides is 1. The summed E-state index contributed by atoms with van der Waals surface area (Å²) < 4.78 is 23.0. The van der Waals surface area contributed by atoms with Crippen molar-refractivity contribution < 1.29 is 32.9 Å². The number of hydrogen-bond donors (Lipinski definition) is 2. The molecule has 0 bridgehead atoms. The van der Waals surface area contributed by atoms with E-state index in [0.29, 0.717) is 17.4 Å². The van der Waals surface area contributed by atoms with Crippen LogP contribution in [0, 0.1) is 0 Å². The molecule has 0 aliphatic carbocycles. The second kappa shape index (κ2) is 31.6. The standard InChI is InChI=1S/C40H69N2O6P/c1-6-8-10-12-14-16-17-18-19-20-21-22-23-24-25-26-28-30-32-34-40(44)41-38(37-48-49(45,46)47-36-35-42(3,4)5)39(43)33-31-29-27-15-13-11-9-7-2/h8,10,13-16,18-19,21-22,24-25,31,33,38-39,43H,6-7,9,11-12,17,20,23,26-30,32,34-37H2,1-5H3,(H-,41,44,45,46)/b10-8-,15-13+,16-14-,19-18-,22-21-,25-24-,33-31+. The Labute approximate surface area is 299 Å². The molecule has 0 heterocycles. The lowest BCUT2D eigenvalue weighted by molar-refractivity contribution is -0.870. The number of phosphoric ester groups is 1. The van der Waals surface area contributed by atoms with Gasteiger partial charge in [0, 0.05) is 6.42 Å². The van der Waals surface area contributed by atoms with Gasteiger partial charge in [0.25, 0.3) is 7.82 Å². The van der Waals surface area contributed by atoms with Gasteiger partial charge in [0.15, 0.2) is 0 Å². The number of carbonyl (C=O) groups excluding carboxylic acids is 1. The molecule has 0 saturated heterocycles. The van der Waals surface area contributed by atoms with E-state index in [4.69, 9.17) is 9.05 Å². The number of phosphoric acid groups is 1. The maximum atomic E-state index is 12.7. The molecule has 0 aromatic carbocycles. The summed E-state index contributed by atoms with van der Waals surface area (Å²) >= 11 is 0. The summed E-state index contributed by atoms with van der Waals surface area (Å²) in [5.41, 5.74) is 0. The van der Waals surface area contributed by atoms with Crippen LogP contribution in [0.25, 0.3) is 0 Å². The molecule has 0 fully saturated rings. The number of likely N-dealkylation sites (N-methyl/N-ethyl adjacent to an activating group) is 1. The molecule has 0 spiro atoms. The minimum absolute atomic E-state index is 0.0187. The van der Waals surface area contributed by atoms with Crippen molar-refractivity contribution in [2.75, 3.05) is 40.9 Å². The zero-order valence-corrected chi connectivity index (χ0v) is 32.2. The first-order valence-corrected chi connectivity index (χ1v) is 19.9. The molecule has 0 aliphatic heterocycles. The van der Waals surface area contributed by atoms with Crippen molar-refractivity contribution in [3.63, 3.8) is 0 Å². The van der Waals surface area contributed by atoms with Gasteiger partial charge in [-0.3, -0.25) is 9.36 Å². The fraction of sp³-hybridized carbons (Fsp3) is 0.625. The molecule has 0 aliphatic rings. The Morgan fingerprint density at radius 3 is 1.86 bits per heavy atom. The van der Waals surface area contributed by atoms with E-state index in [1.807, 2.05) is 27.2 Å². The van der Waals surface area contributed by atoms with Crippen molar-refractivity contribution in [2.24, 2.45) is 0 Å². The Morgan fingerprint density at radius 1 is 0.735 bits per heavy atom. The molecule has 8 nitrogen and oxygen atoms in total. The van der Waals surface area contributed by atoms with E-state index in [-0.39, 0.29) is 18.9 Å². The zero-order chi connectivity index (χ0) is 36.5. The minimum atomic E-state index is -4.60. The Balaban J connectivity index is 4.55. The summed E-state index contributed by atoms with van der Waals surface area (Å²) in [6.07, 6.45) is 42.2. The van der Waals surface area contributed by atoms with Gasteiger partial charge in [0.05, 0.1) is 39.9 Å². The summed E-state index contributed by atoms with van der Waals surface area (Å²) in [6.45, 7) is 4.35. The third-order valence-electron chi connectivity index (χ3n) is 7.34. The van der Waals surface area contributed by atoms with Gasteiger partial charge in [-0.05, 0) is 70.6 Å². The van der Waals surface area contributed by atoms with E-state index < -0.39 is 26.6 Å². The number of quaternary nitrogens is 1. The molecule has 2 N–H and O–H groups in total. The number of rotatable bonds is 31. The third-order valence-corrected chi connectivity index (χ3v) is 8.30. The second-order valence-electron chi connectivity index (χ2n) is 13.2. The van der Waals surface area contributed by atoms with Crippen LogP contribution in [0.15, 0.2) is 85.1 Å². The fourth-order valence-electron chi connectivity index (χ4n) is 4.35. The van der Waals surface area contributed by atoms with Crippen molar-refractivity contribution >= 4 is 13.7 Å². The molecule has 0 aromatic heterocycles. The Hall–Kier alpha value is -2.32. The first kappa shape index (κ1) is 46.7. The summed E-state index contributed by atoms with van der Waals surface area (Å²) in [6, 6.07) is -0.922. The van der Waals surface area contributed by atoms with E-state index in [0.717, 1.165) is 77.0 Å². The molecule has 49 heavy (non-hydrogen) atoms. The highest BCUT2D eigenvalue weighted by molar-refractivity contribution is 7.45. The smallest absolute Gasteiger partial charge is 0.268 e. The number of carbonyl (C=O) groups is 1. The molecular formula is C40H69N2O6P. The third kappa shape index (κ3) is 33.9. The number of nitrogens with one attached hydrogen (secondary N) is 1. The summed E-state index contributed by atoms with van der Waals surface area (Å²) in [5, 5.41) is 13.6. The molecule has 0 radical (unpaired) electrons. The number of aliphatic hydroxyl groups is 1. The van der Waals surface area contributed by atoms with Gasteiger partial charge in [-0.2, -0.15) is 0 Å². The predicted molar refractivity (Wildman–Crippen MR) is 205 cm³/mol. The topological polar surface area (TPSA) is 108 Å². The van der Waals surface area contributed by atoms with Gasteiger partial charge < -0.3 is 28.8 Å². The van der Waals surface area contributed by atoms with Gasteiger partial charge in [-0.1, -0.05) is 118 Å². The van der Waals surface area contributed by atoms with Crippen LogP contribution in [-0.2, 0) is 18.4 Å². The molecule has 3 unspecified atom stereocenters. The molecule has 280 valence electrons. The van der Waals surface area contributed by atoms with Crippen LogP contribution >= 0.6 is 7.82 Å². The number of unbranched alkanes of at least 4 members (excludes halogenated alkanes) is 6. The van der Waals surface area contributed by atoms with Crippen molar-refractivity contribution in [3.8, 4) is 0 Å². The predicted octanol–water partition coefficient (Wildman–Crippen LogP) is 8.82. The van der Waals surface area contributed by atoms with Gasteiger partial charge >= 0.3 is 0 Å². The Morgan fingerprint density at radius 2 is 1.27 bits per heavy atom. The number of hydrogen-bond acceptors (Lipinski definition) is 6. The highest BCUT2D eigenvalue weighted by Crippen LogP contribution is 2.38. The molecule has 9 heteroatoms. The lowest BCUT2D eigenvalue weighted by Crippen LogP contribution is -2.45. The van der Waals surface area contributed by atoms with Crippen molar-refractivity contribution in [3.05, 3.63) is 85.1 Å². The highest BCUT2D eigenvalue weighted by Gasteiger charge is 2.23. The number of nitrogens with zero attached hydrogens (tertiary/aromatic N) is 1. The monoisotopic (exact) mass is 704 g/mol. The van der Waals surface area contributed by atoms with Gasteiger partial charge in [0.2, 0.25) is 5.91 Å². The lowest BCUT2D eigenvalue weighted by atomic mass is 10.1. The quantitative estimate of drug-likeness (QED) is 0.0323. The van der Waals surface area contributed by atoms with Crippen LogP contribution in [-0.4, -0.2) is 68.5 Å². The van der Waals surface area contributed by atoms with Gasteiger partial charge in [-0.15, -0.1) is 0 Å². The average molecular weight is 705 g/mol. The Bertz CT molecular complexity index is 1070. The van der Waals surface area contributed by atoms with Crippen LogP contribution in [0.2, 0.25) is 0 Å². The summed E-state index contributed by atoms with van der Waals surface area (Å²) in [7, 11) is 1.20. The first-order valence-electron chi connectivity index (χ1n) is 18.4. The van der Waals surface area contributed by atoms with E-state index in [1.165, 1.54) is 6.42 Å². The normalized spacial score (nSPS) is 15.7. The summed E-state index contributed by atoms with van der Waals surface area (Å²) in [4.78, 5) is 25.1. The van der Waals surface area contributed by atoms with Crippen LogP contribution in [0.4, 0.5) is 0 Å². The van der Waals surface area contributed by atoms with E-state index in [9.17, 15) is 19.4 Å². The molecule has 0 aromatic rings. The summed E-state index contributed by atoms with van der Waals surface area (Å²) in [5.74, 6) is -0.249. The number of aliphatic hydroxyl groups excluding tert-OH is 1. The van der Waals surface area contributed by atoms with Crippen LogP contribution in [0.3, 0.4) is 0 Å². The molecular weight excluding hydrogens is 635 g/mol. The molecule has 0 saturated carbocycles. The van der Waals surface area contributed by atoms with Gasteiger partial charge in [0.1, 0.15) is 13.2 Å². The fourth-order valence-corrected chi connectivity index (χ4v) is 5.08. The van der Waals surface area contributed by atoms with Crippen LogP contribution in [0.1, 0.15) is 110 Å². The number of allylic oxidation sites excluding steroid dienone is 13. The molecule has 3 atom stereocenters. The molecule has 0 rings (SSSR count). The average Bonchev–Trinajstić information content (AvgIpc) is 3.04. The SMILES string of the molecule is CC/C=C\C/C=C\C/C=C\C/C=C\C/C=C\CCCCCC(=O)NC(COP(=O)([O-])OCC[N+](C)(C)C)C(O)/C=C/CC/C=C/CCCC. The van der Waals surface area contributed by atoms with Gasteiger partial charge in [-0.25, -0.2) is 0 Å². The van der Waals surface area contributed by atoms with Crippen molar-refractivity contribution in [2.45, 2.75) is 122 Å². The maximum Gasteiger partial charge on any atom is 0.268 e. The Kier molecular flexibility index (Phi) is 30.1. The van der Waals surface area contributed by atoms with Crippen molar-refractivity contribution in [1.29, 1.82) is 0 Å². The maximum absolute atomic E-state index is 12.7. The van der Waals surface area contributed by atoms with E-state index in [1.54, 1.807) is 6.08 Å². The minimum Gasteiger partial charge on any atom is -0.756 e. The zero-order valence-electron chi connectivity index (χ0n) is 31.3. The van der Waals surface area contributed by atoms with E-state index >= 15 is 0 Å². The molecule has 1 amide bonds. The van der Waals surface area contributed by atoms with Crippen molar-refractivity contribution in [1.82, 2.24) is 5.32 Å². The van der Waals surface area contributed by atoms with Crippen LogP contribution < -0.4 is 10.2 Å². The second-order valence-corrected chi connectivity index (χ2v) is 14.6. The first-order chi connectivity index (χ1) is 23.5. The van der Waals surface area contributed by atoms with Crippen LogP contribution in [0.5, 0.6) is 0 Å².